The minimum absolute atomic E-state index is 0.00274. The van der Waals surface area contributed by atoms with Crippen LogP contribution in [-0.4, -0.2) is 20.1 Å². The number of halogens is 1. The molecule has 0 unspecified atom stereocenters. The Kier molecular flexibility index (Phi) is 5.94. The van der Waals surface area contributed by atoms with Crippen LogP contribution in [0.2, 0.25) is 5.02 Å². The van der Waals surface area contributed by atoms with E-state index in [1.54, 1.807) is 30.3 Å². The maximum Gasteiger partial charge on any atom is 0.276 e. The maximum atomic E-state index is 12.2. The van der Waals surface area contributed by atoms with Crippen LogP contribution < -0.4 is 9.94 Å². The van der Waals surface area contributed by atoms with E-state index in [0.29, 0.717) is 16.3 Å². The first-order valence-electron chi connectivity index (χ1n) is 6.98. The van der Waals surface area contributed by atoms with Gasteiger partial charge in [0, 0.05) is 11.0 Å². The van der Waals surface area contributed by atoms with E-state index in [-0.39, 0.29) is 17.7 Å². The Hall–Kier alpha value is -2.38. The highest BCUT2D eigenvalue weighted by Crippen LogP contribution is 2.14. The summed E-state index contributed by atoms with van der Waals surface area (Å²) in [7, 11) is -3.88. The van der Waals surface area contributed by atoms with E-state index in [4.69, 9.17) is 11.6 Å². The van der Waals surface area contributed by atoms with Crippen molar-refractivity contribution in [3.63, 3.8) is 0 Å². The van der Waals surface area contributed by atoms with Gasteiger partial charge in [-0.2, -0.15) is 18.4 Å². The highest BCUT2D eigenvalue weighted by Gasteiger charge is 2.13. The lowest BCUT2D eigenvalue weighted by atomic mass is 10.1. The number of hydrazone groups is 1. The molecule has 0 amide bonds. The van der Waals surface area contributed by atoms with Crippen LogP contribution in [0.15, 0.2) is 64.6 Å². The molecule has 6 nitrogen and oxygen atoms in total. The van der Waals surface area contributed by atoms with Crippen LogP contribution in [-0.2, 0) is 14.8 Å². The van der Waals surface area contributed by atoms with E-state index in [1.165, 1.54) is 24.3 Å². The predicted molar refractivity (Wildman–Crippen MR) is 89.0 cm³/mol. The van der Waals surface area contributed by atoms with Crippen molar-refractivity contribution in [3.8, 4) is 0 Å². The van der Waals surface area contributed by atoms with Gasteiger partial charge in [0.05, 0.1) is 10.6 Å². The van der Waals surface area contributed by atoms with Crippen LogP contribution >= 0.6 is 11.6 Å². The number of sulfonamides is 1. The first-order valence-corrected chi connectivity index (χ1v) is 8.84. The molecule has 2 aromatic carbocycles. The molecule has 2 rings (SSSR count). The molecule has 0 saturated heterocycles. The minimum atomic E-state index is -3.88. The van der Waals surface area contributed by atoms with E-state index in [2.05, 4.69) is 9.93 Å². The molecule has 24 heavy (non-hydrogen) atoms. The number of carbonyl (C=O) groups excluding carboxylic acids is 1. The molecule has 0 aromatic heterocycles. The van der Waals surface area contributed by atoms with Gasteiger partial charge in [-0.3, -0.25) is 0 Å². The topological polar surface area (TPSA) is 98.7 Å². The van der Waals surface area contributed by atoms with Gasteiger partial charge in [-0.1, -0.05) is 41.9 Å². The van der Waals surface area contributed by atoms with Gasteiger partial charge in [0.2, 0.25) is 0 Å². The van der Waals surface area contributed by atoms with Gasteiger partial charge in [0.25, 0.3) is 10.0 Å². The summed E-state index contributed by atoms with van der Waals surface area (Å²) in [6.45, 7) is 0. The molecule has 0 radical (unpaired) electrons. The van der Waals surface area contributed by atoms with Crippen LogP contribution in [0, 0.1) is 0 Å². The normalized spacial score (nSPS) is 12.0. The first kappa shape index (κ1) is 18.0. The number of aliphatic carboxylic acids is 1. The molecular weight excluding hydrogens is 352 g/mol. The molecule has 0 saturated carbocycles. The van der Waals surface area contributed by atoms with Crippen molar-refractivity contribution in [1.82, 2.24) is 4.83 Å². The Labute approximate surface area is 144 Å². The van der Waals surface area contributed by atoms with Gasteiger partial charge in [-0.15, -0.1) is 0 Å². The minimum Gasteiger partial charge on any atom is -0.550 e. The molecule has 0 aliphatic heterocycles. The summed E-state index contributed by atoms with van der Waals surface area (Å²) in [4.78, 5) is 12.8. The fraction of sp³-hybridized carbons (Fsp3) is 0.125. The lowest BCUT2D eigenvalue weighted by Crippen LogP contribution is -2.24. The molecule has 2 aromatic rings. The predicted octanol–water partition coefficient (Wildman–Crippen LogP) is 1.55. The third-order valence-electron chi connectivity index (χ3n) is 3.10. The second kappa shape index (κ2) is 7.94. The average molecular weight is 366 g/mol. The van der Waals surface area contributed by atoms with Crippen molar-refractivity contribution in [2.45, 2.75) is 17.7 Å². The first-order chi connectivity index (χ1) is 11.4. The third-order valence-corrected chi connectivity index (χ3v) is 4.57. The molecule has 0 spiro atoms. The number of nitrogens with one attached hydrogen (secondary N) is 1. The van der Waals surface area contributed by atoms with Crippen LogP contribution in [0.1, 0.15) is 18.4 Å². The van der Waals surface area contributed by atoms with E-state index in [9.17, 15) is 18.3 Å². The summed E-state index contributed by atoms with van der Waals surface area (Å²) < 4.78 is 24.5. The number of carboxylic acids is 1. The second-order valence-electron chi connectivity index (χ2n) is 4.85. The summed E-state index contributed by atoms with van der Waals surface area (Å²) in [6, 6.07) is 14.3. The molecule has 0 aliphatic carbocycles. The highest BCUT2D eigenvalue weighted by molar-refractivity contribution is 7.89. The smallest absolute Gasteiger partial charge is 0.276 e. The molecule has 0 heterocycles. The van der Waals surface area contributed by atoms with Crippen LogP contribution in [0.3, 0.4) is 0 Å². The number of rotatable bonds is 7. The zero-order valence-electron chi connectivity index (χ0n) is 12.5. The molecular formula is C16H14ClN2O4S-. The Morgan fingerprint density at radius 1 is 1.04 bits per heavy atom. The van der Waals surface area contributed by atoms with Crippen LogP contribution in [0.25, 0.3) is 0 Å². The molecule has 0 atom stereocenters. The summed E-state index contributed by atoms with van der Waals surface area (Å²) in [5, 5.41) is 15.0. The SMILES string of the molecule is O=C([O-])CC/C(=N/NS(=O)(=O)c1ccc(Cl)cc1)c1ccccc1. The Morgan fingerprint density at radius 3 is 2.25 bits per heavy atom. The summed E-state index contributed by atoms with van der Waals surface area (Å²) in [5.41, 5.74) is 0.926. The zero-order valence-corrected chi connectivity index (χ0v) is 14.0. The number of nitrogens with zero attached hydrogens (tertiary/aromatic N) is 1. The summed E-state index contributed by atoms with van der Waals surface area (Å²) in [5.74, 6) is -1.24. The molecule has 0 aliphatic rings. The van der Waals surface area contributed by atoms with Gasteiger partial charge >= 0.3 is 0 Å². The molecule has 8 heteroatoms. The number of carboxylic acid groups (broad SMARTS) is 1. The zero-order chi connectivity index (χ0) is 17.6. The fourth-order valence-electron chi connectivity index (χ4n) is 1.90. The van der Waals surface area contributed by atoms with Gasteiger partial charge in [-0.25, -0.2) is 0 Å². The monoisotopic (exact) mass is 365 g/mol. The molecule has 0 bridgehead atoms. The number of hydrogen-bond acceptors (Lipinski definition) is 5. The molecule has 1 N–H and O–H groups in total. The number of hydrogen-bond donors (Lipinski definition) is 1. The van der Waals surface area contributed by atoms with Gasteiger partial charge in [-0.05, 0) is 42.7 Å². The van der Waals surface area contributed by atoms with Crippen molar-refractivity contribution < 1.29 is 18.3 Å². The number of carbonyl (C=O) groups is 1. The second-order valence-corrected chi connectivity index (χ2v) is 6.94. The van der Waals surface area contributed by atoms with Crippen molar-refractivity contribution in [2.24, 2.45) is 5.10 Å². The Bertz CT molecular complexity index is 834. The van der Waals surface area contributed by atoms with Crippen LogP contribution in [0.5, 0.6) is 0 Å². The largest absolute Gasteiger partial charge is 0.550 e. The Balaban J connectivity index is 2.25. The van der Waals surface area contributed by atoms with E-state index in [1.807, 2.05) is 0 Å². The standard InChI is InChI=1S/C16H15ClN2O4S/c17-13-6-8-14(9-7-13)24(22,23)19-18-15(10-11-16(20)21)12-4-2-1-3-5-12/h1-9,19H,10-11H2,(H,20,21)/p-1/b18-15-. The fourth-order valence-corrected chi connectivity index (χ4v) is 2.85. The van der Waals surface area contributed by atoms with Gasteiger partial charge < -0.3 is 9.90 Å². The van der Waals surface area contributed by atoms with E-state index in [0.717, 1.165) is 0 Å². The number of benzene rings is 2. The molecule has 0 fully saturated rings. The summed E-state index contributed by atoms with van der Waals surface area (Å²) in [6.07, 6.45) is -0.230. The Morgan fingerprint density at radius 2 is 1.67 bits per heavy atom. The van der Waals surface area contributed by atoms with Crippen molar-refractivity contribution >= 4 is 33.3 Å². The quantitative estimate of drug-likeness (QED) is 0.594. The van der Waals surface area contributed by atoms with Crippen molar-refractivity contribution in [1.29, 1.82) is 0 Å². The third kappa shape index (κ3) is 5.07. The average Bonchev–Trinajstić information content (AvgIpc) is 2.56. The van der Waals surface area contributed by atoms with E-state index < -0.39 is 16.0 Å². The van der Waals surface area contributed by atoms with Crippen molar-refractivity contribution in [3.05, 3.63) is 65.2 Å². The summed E-state index contributed by atoms with van der Waals surface area (Å²) >= 11 is 5.74. The van der Waals surface area contributed by atoms with Gasteiger partial charge in [0.15, 0.2) is 0 Å². The van der Waals surface area contributed by atoms with Crippen LogP contribution in [0.4, 0.5) is 0 Å². The lowest BCUT2D eigenvalue weighted by molar-refractivity contribution is -0.305. The van der Waals surface area contributed by atoms with Gasteiger partial charge in [0.1, 0.15) is 0 Å². The maximum absolute atomic E-state index is 12.2. The van der Waals surface area contributed by atoms with E-state index >= 15 is 0 Å². The highest BCUT2D eigenvalue weighted by atomic mass is 35.5. The van der Waals surface area contributed by atoms with Crippen molar-refractivity contribution in [2.75, 3.05) is 0 Å². The molecule has 126 valence electrons. The lowest BCUT2D eigenvalue weighted by Gasteiger charge is -2.09.